The molecule has 2 aromatic heterocycles. The fraction of sp³-hybridized carbons (Fsp3) is 0.103. The van der Waals surface area contributed by atoms with Crippen molar-refractivity contribution >= 4 is 28.4 Å². The minimum Gasteiger partial charge on any atom is -0.361 e. The SMILES string of the molecule is O=C(Cc1c[nH]c2ccccc12)NC(Cc1ccccc1)c1ncccc1-c1ccc(Cl)cc1. The zero-order valence-electron chi connectivity index (χ0n) is 18.5. The fourth-order valence-corrected chi connectivity index (χ4v) is 4.46. The molecule has 0 aliphatic heterocycles. The van der Waals surface area contributed by atoms with Crippen LogP contribution in [0.2, 0.25) is 5.02 Å². The van der Waals surface area contributed by atoms with Gasteiger partial charge >= 0.3 is 0 Å². The summed E-state index contributed by atoms with van der Waals surface area (Å²) in [7, 11) is 0. The van der Waals surface area contributed by atoms with E-state index in [-0.39, 0.29) is 11.9 Å². The van der Waals surface area contributed by atoms with E-state index in [4.69, 9.17) is 16.6 Å². The number of nitrogens with zero attached hydrogens (tertiary/aromatic N) is 1. The van der Waals surface area contributed by atoms with Gasteiger partial charge in [0.05, 0.1) is 18.2 Å². The Bertz CT molecular complexity index is 1410. The van der Waals surface area contributed by atoms with Crippen molar-refractivity contribution in [1.29, 1.82) is 0 Å². The second-order valence-electron chi connectivity index (χ2n) is 8.29. The highest BCUT2D eigenvalue weighted by Crippen LogP contribution is 2.30. The summed E-state index contributed by atoms with van der Waals surface area (Å²) in [6.45, 7) is 0. The molecular formula is C29H24ClN3O. The summed E-state index contributed by atoms with van der Waals surface area (Å²) in [6.07, 6.45) is 4.62. The van der Waals surface area contributed by atoms with Gasteiger partial charge in [-0.15, -0.1) is 0 Å². The van der Waals surface area contributed by atoms with Crippen molar-refractivity contribution in [2.75, 3.05) is 0 Å². The van der Waals surface area contributed by atoms with Crippen molar-refractivity contribution in [2.45, 2.75) is 18.9 Å². The number of carbonyl (C=O) groups is 1. The summed E-state index contributed by atoms with van der Waals surface area (Å²) in [4.78, 5) is 21.2. The highest BCUT2D eigenvalue weighted by atomic mass is 35.5. The zero-order valence-corrected chi connectivity index (χ0v) is 19.3. The molecule has 0 saturated carbocycles. The molecule has 1 unspecified atom stereocenters. The largest absolute Gasteiger partial charge is 0.361 e. The van der Waals surface area contributed by atoms with Crippen molar-refractivity contribution in [3.63, 3.8) is 0 Å². The highest BCUT2D eigenvalue weighted by Gasteiger charge is 2.21. The van der Waals surface area contributed by atoms with Gasteiger partial charge in [0.15, 0.2) is 0 Å². The molecule has 3 aromatic carbocycles. The average Bonchev–Trinajstić information content (AvgIpc) is 3.27. The number of hydrogen-bond acceptors (Lipinski definition) is 2. The molecule has 2 N–H and O–H groups in total. The van der Waals surface area contributed by atoms with Crippen LogP contribution in [0.5, 0.6) is 0 Å². The van der Waals surface area contributed by atoms with Crippen LogP contribution in [0.4, 0.5) is 0 Å². The van der Waals surface area contributed by atoms with Gasteiger partial charge in [-0.3, -0.25) is 9.78 Å². The number of rotatable bonds is 7. The molecule has 0 saturated heterocycles. The first-order chi connectivity index (χ1) is 16.7. The van der Waals surface area contributed by atoms with E-state index in [1.54, 1.807) is 6.20 Å². The molecule has 0 spiro atoms. The van der Waals surface area contributed by atoms with Crippen LogP contribution in [-0.2, 0) is 17.6 Å². The standard InChI is InChI=1S/C29H24ClN3O/c30-23-14-12-21(13-15-23)25-10-6-16-31-29(25)27(17-20-7-2-1-3-8-20)33-28(34)18-22-19-32-26-11-5-4-9-24(22)26/h1-16,19,27,32H,17-18H2,(H,33,34). The molecular weight excluding hydrogens is 442 g/mol. The number of pyridine rings is 1. The van der Waals surface area contributed by atoms with Gasteiger partial charge in [0.2, 0.25) is 5.91 Å². The Balaban J connectivity index is 1.47. The van der Waals surface area contributed by atoms with Crippen molar-refractivity contribution in [3.8, 4) is 11.1 Å². The topological polar surface area (TPSA) is 57.8 Å². The summed E-state index contributed by atoms with van der Waals surface area (Å²) < 4.78 is 0. The van der Waals surface area contributed by atoms with E-state index in [1.165, 1.54) is 0 Å². The van der Waals surface area contributed by atoms with Crippen LogP contribution in [0.1, 0.15) is 22.9 Å². The van der Waals surface area contributed by atoms with E-state index in [2.05, 4.69) is 22.4 Å². The van der Waals surface area contributed by atoms with Gasteiger partial charge in [-0.2, -0.15) is 0 Å². The van der Waals surface area contributed by atoms with Crippen LogP contribution in [0, 0.1) is 0 Å². The summed E-state index contributed by atoms with van der Waals surface area (Å²) >= 11 is 6.11. The molecule has 0 bridgehead atoms. The number of aromatic amines is 1. The molecule has 0 radical (unpaired) electrons. The molecule has 1 amide bonds. The number of carbonyl (C=O) groups excluding carboxylic acids is 1. The third-order valence-electron chi connectivity index (χ3n) is 5.97. The average molecular weight is 466 g/mol. The predicted molar refractivity (Wildman–Crippen MR) is 138 cm³/mol. The monoisotopic (exact) mass is 465 g/mol. The second kappa shape index (κ2) is 9.94. The zero-order chi connectivity index (χ0) is 23.3. The highest BCUT2D eigenvalue weighted by molar-refractivity contribution is 6.30. The van der Waals surface area contributed by atoms with E-state index < -0.39 is 0 Å². The first kappa shape index (κ1) is 21.9. The van der Waals surface area contributed by atoms with Crippen LogP contribution in [0.3, 0.4) is 0 Å². The Morgan fingerprint density at radius 3 is 2.50 bits per heavy atom. The predicted octanol–water partition coefficient (Wildman–Crippen LogP) is 6.53. The summed E-state index contributed by atoms with van der Waals surface area (Å²) in [5.74, 6) is -0.0432. The fourth-order valence-electron chi connectivity index (χ4n) is 4.33. The smallest absolute Gasteiger partial charge is 0.225 e. The lowest BCUT2D eigenvalue weighted by Crippen LogP contribution is -2.32. The Morgan fingerprint density at radius 2 is 1.68 bits per heavy atom. The first-order valence-electron chi connectivity index (χ1n) is 11.3. The van der Waals surface area contributed by atoms with Crippen LogP contribution in [-0.4, -0.2) is 15.9 Å². The number of hydrogen-bond donors (Lipinski definition) is 2. The number of amides is 1. The van der Waals surface area contributed by atoms with Crippen molar-refractivity contribution in [1.82, 2.24) is 15.3 Å². The van der Waals surface area contributed by atoms with Crippen LogP contribution in [0.15, 0.2) is 103 Å². The van der Waals surface area contributed by atoms with Crippen LogP contribution < -0.4 is 5.32 Å². The first-order valence-corrected chi connectivity index (χ1v) is 11.6. The maximum atomic E-state index is 13.3. The Labute approximate surface area is 203 Å². The van der Waals surface area contributed by atoms with Gasteiger partial charge in [0.25, 0.3) is 0 Å². The van der Waals surface area contributed by atoms with Gasteiger partial charge < -0.3 is 10.3 Å². The molecule has 5 heteroatoms. The lowest BCUT2D eigenvalue weighted by Gasteiger charge is -2.21. The van der Waals surface area contributed by atoms with Gasteiger partial charge in [0.1, 0.15) is 0 Å². The van der Waals surface area contributed by atoms with Gasteiger partial charge in [-0.25, -0.2) is 0 Å². The third kappa shape index (κ3) is 4.87. The maximum Gasteiger partial charge on any atom is 0.225 e. The molecule has 34 heavy (non-hydrogen) atoms. The van der Waals surface area contributed by atoms with E-state index in [0.717, 1.165) is 38.9 Å². The Morgan fingerprint density at radius 1 is 0.912 bits per heavy atom. The number of fused-ring (bicyclic) bond motifs is 1. The quantitative estimate of drug-likeness (QED) is 0.287. The molecule has 0 aliphatic carbocycles. The van der Waals surface area contributed by atoms with Gasteiger partial charge in [-0.05, 0) is 47.4 Å². The third-order valence-corrected chi connectivity index (χ3v) is 6.22. The number of H-pyrrole nitrogens is 1. The Kier molecular flexibility index (Phi) is 6.41. The molecule has 0 fully saturated rings. The molecule has 5 aromatic rings. The molecule has 0 aliphatic rings. The minimum absolute atomic E-state index is 0.0432. The second-order valence-corrected chi connectivity index (χ2v) is 8.73. The van der Waals surface area contributed by atoms with Crippen molar-refractivity contribution in [2.24, 2.45) is 0 Å². The van der Waals surface area contributed by atoms with Crippen LogP contribution in [0.25, 0.3) is 22.0 Å². The maximum absolute atomic E-state index is 13.3. The van der Waals surface area contributed by atoms with Crippen LogP contribution >= 0.6 is 11.6 Å². The van der Waals surface area contributed by atoms with Gasteiger partial charge in [0, 0.05) is 33.9 Å². The number of benzene rings is 3. The number of aromatic nitrogens is 2. The minimum atomic E-state index is -0.285. The van der Waals surface area contributed by atoms with Gasteiger partial charge in [-0.1, -0.05) is 78.3 Å². The molecule has 1 atom stereocenters. The molecule has 168 valence electrons. The van der Waals surface area contributed by atoms with E-state index in [0.29, 0.717) is 17.9 Å². The normalized spacial score (nSPS) is 11.9. The van der Waals surface area contributed by atoms with E-state index >= 15 is 0 Å². The summed E-state index contributed by atoms with van der Waals surface area (Å²) in [5, 5.41) is 5.01. The summed E-state index contributed by atoms with van der Waals surface area (Å²) in [5.41, 5.74) is 5.96. The molecule has 5 rings (SSSR count). The molecule has 4 nitrogen and oxygen atoms in total. The van der Waals surface area contributed by atoms with E-state index in [1.807, 2.05) is 85.1 Å². The number of nitrogens with one attached hydrogen (secondary N) is 2. The summed E-state index contributed by atoms with van der Waals surface area (Å²) in [6, 6.07) is 29.6. The van der Waals surface area contributed by atoms with Crippen molar-refractivity contribution < 1.29 is 4.79 Å². The Hall–Kier alpha value is -3.89. The van der Waals surface area contributed by atoms with Crippen molar-refractivity contribution in [3.05, 3.63) is 125 Å². The number of para-hydroxylation sites is 1. The molecule has 2 heterocycles. The lowest BCUT2D eigenvalue weighted by atomic mass is 9.95. The lowest BCUT2D eigenvalue weighted by molar-refractivity contribution is -0.121. The van der Waals surface area contributed by atoms with E-state index in [9.17, 15) is 4.79 Å². The number of halogens is 1.